The first-order chi connectivity index (χ1) is 12.4. The Morgan fingerprint density at radius 3 is 2.04 bits per heavy atom. The first-order valence-corrected chi connectivity index (χ1v) is 8.59. The van der Waals surface area contributed by atoms with Crippen LogP contribution in [-0.4, -0.2) is 0 Å². The van der Waals surface area contributed by atoms with E-state index in [2.05, 4.69) is 91.0 Å². The Kier molecular flexibility index (Phi) is 4.58. The summed E-state index contributed by atoms with van der Waals surface area (Å²) in [4.78, 5) is 0. The Morgan fingerprint density at radius 2 is 1.20 bits per heavy atom. The summed E-state index contributed by atoms with van der Waals surface area (Å²) in [5.74, 6) is 0. The molecule has 0 bridgehead atoms. The molecule has 0 aliphatic rings. The van der Waals surface area contributed by atoms with Crippen molar-refractivity contribution in [1.29, 1.82) is 0 Å². The monoisotopic (exact) mass is 324 g/mol. The fourth-order valence-corrected chi connectivity index (χ4v) is 3.12. The van der Waals surface area contributed by atoms with Gasteiger partial charge in [0.15, 0.2) is 0 Å². The maximum atomic E-state index is 5.96. The molecule has 4 aromatic carbocycles. The molecule has 122 valence electrons. The van der Waals surface area contributed by atoms with Gasteiger partial charge in [0.05, 0.1) is 13.2 Å². The summed E-state index contributed by atoms with van der Waals surface area (Å²) in [6.07, 6.45) is 0. The standard InChI is InChI=1S/C24H20O/c1-2-7-20(8-3-1)21-15-13-19(14-16-21)17-25-18-23-11-6-10-22-9-4-5-12-24(22)23/h1-16H,17-18H2. The van der Waals surface area contributed by atoms with Gasteiger partial charge >= 0.3 is 0 Å². The third-order valence-electron chi connectivity index (χ3n) is 4.47. The summed E-state index contributed by atoms with van der Waals surface area (Å²) in [5, 5.41) is 2.53. The summed E-state index contributed by atoms with van der Waals surface area (Å²) in [5.41, 5.74) is 4.91. The van der Waals surface area contributed by atoms with Crippen LogP contribution in [0.3, 0.4) is 0 Å². The molecule has 0 atom stereocenters. The minimum Gasteiger partial charge on any atom is -0.372 e. The highest BCUT2D eigenvalue weighted by atomic mass is 16.5. The van der Waals surface area contributed by atoms with Crippen molar-refractivity contribution >= 4 is 10.8 Å². The Bertz CT molecular complexity index is 951. The number of fused-ring (bicyclic) bond motifs is 1. The van der Waals surface area contributed by atoms with Crippen molar-refractivity contribution in [3.63, 3.8) is 0 Å². The minimum atomic E-state index is 0.623. The van der Waals surface area contributed by atoms with Crippen LogP contribution >= 0.6 is 0 Å². The van der Waals surface area contributed by atoms with E-state index < -0.39 is 0 Å². The van der Waals surface area contributed by atoms with Gasteiger partial charge in [0.25, 0.3) is 0 Å². The highest BCUT2D eigenvalue weighted by molar-refractivity contribution is 5.85. The first-order valence-electron chi connectivity index (χ1n) is 8.59. The van der Waals surface area contributed by atoms with Crippen LogP contribution < -0.4 is 0 Å². The molecule has 0 saturated heterocycles. The summed E-state index contributed by atoms with van der Waals surface area (Å²) in [6, 6.07) is 33.9. The van der Waals surface area contributed by atoms with Crippen molar-refractivity contribution in [3.05, 3.63) is 108 Å². The van der Waals surface area contributed by atoms with E-state index >= 15 is 0 Å². The summed E-state index contributed by atoms with van der Waals surface area (Å²) >= 11 is 0. The highest BCUT2D eigenvalue weighted by Gasteiger charge is 2.02. The third-order valence-corrected chi connectivity index (χ3v) is 4.47. The zero-order valence-electron chi connectivity index (χ0n) is 14.1. The third kappa shape index (κ3) is 3.62. The van der Waals surface area contributed by atoms with Gasteiger partial charge in [0.2, 0.25) is 0 Å². The van der Waals surface area contributed by atoms with Crippen LogP contribution in [0.15, 0.2) is 97.1 Å². The summed E-state index contributed by atoms with van der Waals surface area (Å²) in [7, 11) is 0. The molecule has 4 rings (SSSR count). The van der Waals surface area contributed by atoms with E-state index in [1.54, 1.807) is 0 Å². The van der Waals surface area contributed by atoms with E-state index in [-0.39, 0.29) is 0 Å². The second kappa shape index (κ2) is 7.33. The zero-order chi connectivity index (χ0) is 16.9. The van der Waals surface area contributed by atoms with E-state index in [1.807, 2.05) is 6.07 Å². The predicted octanol–water partition coefficient (Wildman–Crippen LogP) is 6.22. The lowest BCUT2D eigenvalue weighted by molar-refractivity contribution is 0.108. The number of ether oxygens (including phenoxy) is 1. The molecule has 0 unspecified atom stereocenters. The van der Waals surface area contributed by atoms with E-state index in [4.69, 9.17) is 4.74 Å². The lowest BCUT2D eigenvalue weighted by Crippen LogP contribution is -1.95. The molecule has 0 spiro atoms. The average molecular weight is 324 g/mol. The van der Waals surface area contributed by atoms with E-state index in [0.29, 0.717) is 13.2 Å². The van der Waals surface area contributed by atoms with Gasteiger partial charge in [-0.1, -0.05) is 97.1 Å². The van der Waals surface area contributed by atoms with Gasteiger partial charge < -0.3 is 4.74 Å². The smallest absolute Gasteiger partial charge is 0.0727 e. The van der Waals surface area contributed by atoms with E-state index in [0.717, 1.165) is 0 Å². The van der Waals surface area contributed by atoms with Crippen molar-refractivity contribution < 1.29 is 4.74 Å². The van der Waals surface area contributed by atoms with Crippen LogP contribution in [0.25, 0.3) is 21.9 Å². The largest absolute Gasteiger partial charge is 0.372 e. The number of hydrogen-bond donors (Lipinski definition) is 0. The van der Waals surface area contributed by atoms with Crippen molar-refractivity contribution in [2.45, 2.75) is 13.2 Å². The maximum Gasteiger partial charge on any atom is 0.0727 e. The van der Waals surface area contributed by atoms with Gasteiger partial charge in [-0.15, -0.1) is 0 Å². The topological polar surface area (TPSA) is 9.23 Å². The Labute approximate surface area is 148 Å². The van der Waals surface area contributed by atoms with Gasteiger partial charge in [-0.2, -0.15) is 0 Å². The quantitative estimate of drug-likeness (QED) is 0.423. The van der Waals surface area contributed by atoms with Crippen molar-refractivity contribution in [2.75, 3.05) is 0 Å². The molecule has 1 heteroatoms. The van der Waals surface area contributed by atoms with Gasteiger partial charge in [-0.25, -0.2) is 0 Å². The van der Waals surface area contributed by atoms with Crippen LogP contribution in [0.1, 0.15) is 11.1 Å². The lowest BCUT2D eigenvalue weighted by Gasteiger charge is -2.09. The molecule has 1 nitrogen and oxygen atoms in total. The molecule has 0 heterocycles. The molecular weight excluding hydrogens is 304 g/mol. The Morgan fingerprint density at radius 1 is 0.520 bits per heavy atom. The Balaban J connectivity index is 1.42. The molecule has 4 aromatic rings. The molecule has 0 aliphatic carbocycles. The molecule has 0 fully saturated rings. The second-order valence-corrected chi connectivity index (χ2v) is 6.19. The zero-order valence-corrected chi connectivity index (χ0v) is 14.1. The maximum absolute atomic E-state index is 5.96. The van der Waals surface area contributed by atoms with Crippen molar-refractivity contribution in [1.82, 2.24) is 0 Å². The molecule has 0 aromatic heterocycles. The fourth-order valence-electron chi connectivity index (χ4n) is 3.12. The van der Waals surface area contributed by atoms with Crippen molar-refractivity contribution in [2.24, 2.45) is 0 Å². The van der Waals surface area contributed by atoms with Crippen LogP contribution in [-0.2, 0) is 18.0 Å². The number of rotatable bonds is 5. The molecule has 0 N–H and O–H groups in total. The average Bonchev–Trinajstić information content (AvgIpc) is 2.69. The molecule has 0 aliphatic heterocycles. The minimum absolute atomic E-state index is 0.623. The first kappa shape index (κ1) is 15.6. The Hall–Kier alpha value is -2.90. The van der Waals surface area contributed by atoms with Crippen LogP contribution in [0.5, 0.6) is 0 Å². The predicted molar refractivity (Wildman–Crippen MR) is 104 cm³/mol. The van der Waals surface area contributed by atoms with Gasteiger partial charge in [-0.3, -0.25) is 0 Å². The van der Waals surface area contributed by atoms with Gasteiger partial charge in [0.1, 0.15) is 0 Å². The number of benzene rings is 4. The van der Waals surface area contributed by atoms with Crippen LogP contribution in [0, 0.1) is 0 Å². The van der Waals surface area contributed by atoms with E-state index in [1.165, 1.54) is 33.0 Å². The van der Waals surface area contributed by atoms with E-state index in [9.17, 15) is 0 Å². The SMILES string of the molecule is c1ccc(-c2ccc(COCc3cccc4ccccc34)cc2)cc1. The van der Waals surface area contributed by atoms with Gasteiger partial charge in [0, 0.05) is 0 Å². The second-order valence-electron chi connectivity index (χ2n) is 6.19. The molecular formula is C24H20O. The lowest BCUT2D eigenvalue weighted by atomic mass is 10.0. The highest BCUT2D eigenvalue weighted by Crippen LogP contribution is 2.21. The summed E-state index contributed by atoms with van der Waals surface area (Å²) < 4.78 is 5.96. The normalized spacial score (nSPS) is 10.9. The molecule has 0 amide bonds. The van der Waals surface area contributed by atoms with Crippen molar-refractivity contribution in [3.8, 4) is 11.1 Å². The van der Waals surface area contributed by atoms with Crippen LogP contribution in [0.4, 0.5) is 0 Å². The molecule has 0 radical (unpaired) electrons. The summed E-state index contributed by atoms with van der Waals surface area (Å²) in [6.45, 7) is 1.25. The molecule has 0 saturated carbocycles. The molecule has 25 heavy (non-hydrogen) atoms. The van der Waals surface area contributed by atoms with Gasteiger partial charge in [-0.05, 0) is 33.0 Å². The fraction of sp³-hybridized carbons (Fsp3) is 0.0833. The number of hydrogen-bond acceptors (Lipinski definition) is 1. The van der Waals surface area contributed by atoms with Crippen LogP contribution in [0.2, 0.25) is 0 Å².